The number of benzene rings is 1. The SMILES string of the molecule is N#Cc1ccc(NC(=O)COc2nnc3ccccn23)cc1. The van der Waals surface area contributed by atoms with Crippen molar-refractivity contribution in [1.82, 2.24) is 14.6 Å². The number of nitriles is 1. The quantitative estimate of drug-likeness (QED) is 0.789. The van der Waals surface area contributed by atoms with Gasteiger partial charge >= 0.3 is 6.01 Å². The molecule has 1 amide bonds. The maximum Gasteiger partial charge on any atom is 0.322 e. The number of hydrogen-bond acceptors (Lipinski definition) is 5. The molecule has 0 aliphatic carbocycles. The van der Waals surface area contributed by atoms with E-state index in [1.165, 1.54) is 0 Å². The lowest BCUT2D eigenvalue weighted by molar-refractivity contribution is -0.118. The first kappa shape index (κ1) is 13.6. The monoisotopic (exact) mass is 293 g/mol. The minimum atomic E-state index is -0.322. The van der Waals surface area contributed by atoms with Gasteiger partial charge in [-0.3, -0.25) is 9.20 Å². The summed E-state index contributed by atoms with van der Waals surface area (Å²) in [6.07, 6.45) is 1.75. The average molecular weight is 293 g/mol. The van der Waals surface area contributed by atoms with Crippen LogP contribution in [0.5, 0.6) is 6.01 Å². The summed E-state index contributed by atoms with van der Waals surface area (Å²) in [5.41, 5.74) is 1.77. The molecule has 0 saturated heterocycles. The first-order valence-electron chi connectivity index (χ1n) is 6.49. The van der Waals surface area contributed by atoms with Crippen molar-refractivity contribution in [3.05, 3.63) is 54.2 Å². The molecule has 1 aromatic carbocycles. The molecule has 2 heterocycles. The number of nitrogens with one attached hydrogen (secondary N) is 1. The van der Waals surface area contributed by atoms with E-state index in [4.69, 9.17) is 10.00 Å². The van der Waals surface area contributed by atoms with Gasteiger partial charge in [-0.15, -0.1) is 5.10 Å². The molecule has 0 aliphatic rings. The van der Waals surface area contributed by atoms with Crippen molar-refractivity contribution in [2.45, 2.75) is 0 Å². The van der Waals surface area contributed by atoms with Gasteiger partial charge in [0.15, 0.2) is 12.3 Å². The third-order valence-corrected chi connectivity index (χ3v) is 2.91. The van der Waals surface area contributed by atoms with Gasteiger partial charge in [-0.2, -0.15) is 5.26 Å². The summed E-state index contributed by atoms with van der Waals surface area (Å²) >= 11 is 0. The number of carbonyl (C=O) groups is 1. The van der Waals surface area contributed by atoms with Crippen LogP contribution in [0.15, 0.2) is 48.7 Å². The Balaban J connectivity index is 1.61. The number of nitrogens with zero attached hydrogens (tertiary/aromatic N) is 4. The van der Waals surface area contributed by atoms with Gasteiger partial charge in [0.25, 0.3) is 5.91 Å². The lowest BCUT2D eigenvalue weighted by Crippen LogP contribution is -2.20. The number of anilines is 1. The van der Waals surface area contributed by atoms with Gasteiger partial charge in [0, 0.05) is 11.9 Å². The van der Waals surface area contributed by atoms with Crippen molar-refractivity contribution in [3.8, 4) is 12.1 Å². The van der Waals surface area contributed by atoms with Crippen molar-refractivity contribution < 1.29 is 9.53 Å². The van der Waals surface area contributed by atoms with Gasteiger partial charge in [-0.05, 0) is 36.4 Å². The predicted octanol–water partition coefficient (Wildman–Crippen LogP) is 1.62. The van der Waals surface area contributed by atoms with Crippen LogP contribution in [-0.4, -0.2) is 27.1 Å². The van der Waals surface area contributed by atoms with E-state index in [0.29, 0.717) is 16.9 Å². The molecule has 0 saturated carbocycles. The van der Waals surface area contributed by atoms with Crippen LogP contribution in [0.4, 0.5) is 5.69 Å². The minimum Gasteiger partial charge on any atom is -0.453 e. The Kier molecular flexibility index (Phi) is 3.66. The number of amides is 1. The first-order valence-corrected chi connectivity index (χ1v) is 6.49. The molecule has 0 atom stereocenters. The van der Waals surface area contributed by atoms with Crippen molar-refractivity contribution in [2.24, 2.45) is 0 Å². The Morgan fingerprint density at radius 3 is 2.82 bits per heavy atom. The maximum atomic E-state index is 11.8. The van der Waals surface area contributed by atoms with Crippen LogP contribution in [0.1, 0.15) is 5.56 Å². The molecule has 0 unspecified atom stereocenters. The topological polar surface area (TPSA) is 92.3 Å². The molecule has 3 aromatic rings. The predicted molar refractivity (Wildman–Crippen MR) is 78.3 cm³/mol. The van der Waals surface area contributed by atoms with Crippen LogP contribution < -0.4 is 10.1 Å². The molecule has 2 aromatic heterocycles. The van der Waals surface area contributed by atoms with Gasteiger partial charge in [-0.1, -0.05) is 11.2 Å². The van der Waals surface area contributed by atoms with E-state index in [0.717, 1.165) is 0 Å². The van der Waals surface area contributed by atoms with Crippen LogP contribution in [0.25, 0.3) is 5.65 Å². The number of aromatic nitrogens is 3. The summed E-state index contributed by atoms with van der Waals surface area (Å²) in [6, 6.07) is 14.3. The zero-order valence-electron chi connectivity index (χ0n) is 11.4. The summed E-state index contributed by atoms with van der Waals surface area (Å²) < 4.78 is 7.01. The Hall–Kier alpha value is -3.40. The van der Waals surface area contributed by atoms with E-state index in [-0.39, 0.29) is 18.5 Å². The third-order valence-electron chi connectivity index (χ3n) is 2.91. The fourth-order valence-electron chi connectivity index (χ4n) is 1.87. The largest absolute Gasteiger partial charge is 0.453 e. The van der Waals surface area contributed by atoms with Crippen molar-refractivity contribution in [1.29, 1.82) is 5.26 Å². The number of ether oxygens (including phenoxy) is 1. The van der Waals surface area contributed by atoms with Gasteiger partial charge in [0.05, 0.1) is 11.6 Å². The van der Waals surface area contributed by atoms with Crippen LogP contribution in [0.2, 0.25) is 0 Å². The van der Waals surface area contributed by atoms with E-state index in [1.54, 1.807) is 40.9 Å². The second kappa shape index (κ2) is 5.93. The Morgan fingerprint density at radius 2 is 2.05 bits per heavy atom. The molecule has 1 N–H and O–H groups in total. The molecule has 0 radical (unpaired) electrons. The fourth-order valence-corrected chi connectivity index (χ4v) is 1.87. The van der Waals surface area contributed by atoms with E-state index >= 15 is 0 Å². The highest BCUT2D eigenvalue weighted by Gasteiger charge is 2.09. The van der Waals surface area contributed by atoms with Gasteiger partial charge in [-0.25, -0.2) is 0 Å². The van der Waals surface area contributed by atoms with E-state index in [9.17, 15) is 4.79 Å². The highest BCUT2D eigenvalue weighted by molar-refractivity contribution is 5.91. The van der Waals surface area contributed by atoms with E-state index < -0.39 is 0 Å². The Morgan fingerprint density at radius 1 is 1.23 bits per heavy atom. The third kappa shape index (κ3) is 2.86. The van der Waals surface area contributed by atoms with Crippen LogP contribution in [0, 0.1) is 11.3 Å². The first-order chi connectivity index (χ1) is 10.8. The van der Waals surface area contributed by atoms with Crippen LogP contribution >= 0.6 is 0 Å². The highest BCUT2D eigenvalue weighted by atomic mass is 16.5. The van der Waals surface area contributed by atoms with Gasteiger partial charge in [0.2, 0.25) is 0 Å². The number of rotatable bonds is 4. The summed E-state index contributed by atoms with van der Waals surface area (Å²) in [6.45, 7) is -0.185. The molecule has 0 aliphatic heterocycles. The molecule has 22 heavy (non-hydrogen) atoms. The fraction of sp³-hybridized carbons (Fsp3) is 0.0667. The smallest absolute Gasteiger partial charge is 0.322 e. The second-order valence-corrected chi connectivity index (χ2v) is 4.44. The molecule has 108 valence electrons. The molecule has 0 spiro atoms. The van der Waals surface area contributed by atoms with Crippen molar-refractivity contribution in [3.63, 3.8) is 0 Å². The summed E-state index contributed by atoms with van der Waals surface area (Å²) in [7, 11) is 0. The van der Waals surface area contributed by atoms with Gasteiger partial charge in [0.1, 0.15) is 0 Å². The number of fused-ring (bicyclic) bond motifs is 1. The number of hydrogen-bond donors (Lipinski definition) is 1. The normalized spacial score (nSPS) is 10.1. The zero-order chi connectivity index (χ0) is 15.4. The second-order valence-electron chi connectivity index (χ2n) is 4.44. The Bertz CT molecular complexity index is 848. The molecule has 3 rings (SSSR count). The summed E-state index contributed by atoms with van der Waals surface area (Å²) in [5, 5.41) is 19.2. The standard InChI is InChI=1S/C15H11N5O2/c16-9-11-4-6-12(7-5-11)17-14(21)10-22-15-19-18-13-3-1-2-8-20(13)15/h1-8H,10H2,(H,17,21). The van der Waals surface area contributed by atoms with Crippen LogP contribution in [-0.2, 0) is 4.79 Å². The van der Waals surface area contributed by atoms with Crippen molar-refractivity contribution >= 4 is 17.2 Å². The average Bonchev–Trinajstić information content (AvgIpc) is 2.97. The molecule has 0 bridgehead atoms. The zero-order valence-corrected chi connectivity index (χ0v) is 11.4. The molecular weight excluding hydrogens is 282 g/mol. The maximum absolute atomic E-state index is 11.8. The summed E-state index contributed by atoms with van der Waals surface area (Å²) in [4.78, 5) is 11.8. The van der Waals surface area contributed by atoms with Gasteiger partial charge < -0.3 is 10.1 Å². The lowest BCUT2D eigenvalue weighted by Gasteiger charge is -2.06. The molecule has 7 nitrogen and oxygen atoms in total. The molecular formula is C15H11N5O2. The van der Waals surface area contributed by atoms with Crippen LogP contribution in [0.3, 0.4) is 0 Å². The van der Waals surface area contributed by atoms with E-state index in [2.05, 4.69) is 15.5 Å². The summed E-state index contributed by atoms with van der Waals surface area (Å²) in [5.74, 6) is -0.322. The van der Waals surface area contributed by atoms with E-state index in [1.807, 2.05) is 18.2 Å². The minimum absolute atomic E-state index is 0.185. The number of pyridine rings is 1. The number of carbonyl (C=O) groups excluding carboxylic acids is 1. The molecule has 7 heteroatoms. The Labute approximate surface area is 125 Å². The highest BCUT2D eigenvalue weighted by Crippen LogP contribution is 2.11. The lowest BCUT2D eigenvalue weighted by atomic mass is 10.2. The van der Waals surface area contributed by atoms with Crippen molar-refractivity contribution in [2.75, 3.05) is 11.9 Å². The molecule has 0 fully saturated rings.